The number of rotatable bonds is 6. The van der Waals surface area contributed by atoms with Crippen molar-refractivity contribution in [3.05, 3.63) is 57.8 Å². The normalized spacial score (nSPS) is 20.3. The van der Waals surface area contributed by atoms with Gasteiger partial charge >= 0.3 is 12.1 Å². The summed E-state index contributed by atoms with van der Waals surface area (Å²) in [6, 6.07) is 5.98. The van der Waals surface area contributed by atoms with Crippen molar-refractivity contribution >= 4 is 28.8 Å². The SMILES string of the molecule is CC(C)OC(=O)C1=C(C(F)(F)F)N=C2SC=C(CC(=O)N3CCOCC3)N2[C@@H]1c1ccc(C(C)C)cc1. The number of carbonyl (C=O) groups is 2. The van der Waals surface area contributed by atoms with Crippen LogP contribution in [0.1, 0.15) is 57.2 Å². The van der Waals surface area contributed by atoms with Crippen LogP contribution in [0, 0.1) is 0 Å². The number of benzene rings is 1. The molecule has 0 aliphatic carbocycles. The number of alkyl halides is 3. The van der Waals surface area contributed by atoms with Gasteiger partial charge in [-0.05, 0) is 36.3 Å². The van der Waals surface area contributed by atoms with Crippen molar-refractivity contribution in [3.63, 3.8) is 0 Å². The fourth-order valence-corrected chi connectivity index (χ4v) is 5.33. The first-order valence-corrected chi connectivity index (χ1v) is 13.1. The summed E-state index contributed by atoms with van der Waals surface area (Å²) in [5.41, 5.74) is 0.100. The van der Waals surface area contributed by atoms with E-state index in [9.17, 15) is 22.8 Å². The van der Waals surface area contributed by atoms with Crippen molar-refractivity contribution in [2.24, 2.45) is 4.99 Å². The zero-order valence-electron chi connectivity index (χ0n) is 21.2. The molecule has 1 fully saturated rings. The predicted molar refractivity (Wildman–Crippen MR) is 135 cm³/mol. The zero-order valence-corrected chi connectivity index (χ0v) is 22.0. The number of halogens is 3. The summed E-state index contributed by atoms with van der Waals surface area (Å²) in [6.45, 7) is 8.95. The monoisotopic (exact) mass is 537 g/mol. The molecule has 0 bridgehead atoms. The zero-order chi connectivity index (χ0) is 26.9. The molecule has 7 nitrogen and oxygen atoms in total. The highest BCUT2D eigenvalue weighted by Gasteiger charge is 2.49. The molecular formula is C26H30F3N3O4S. The summed E-state index contributed by atoms with van der Waals surface area (Å²) in [5, 5.41) is 1.70. The van der Waals surface area contributed by atoms with Crippen molar-refractivity contribution in [1.29, 1.82) is 0 Å². The Morgan fingerprint density at radius 2 is 1.78 bits per heavy atom. The molecule has 1 atom stereocenters. The first-order chi connectivity index (χ1) is 17.5. The van der Waals surface area contributed by atoms with Gasteiger partial charge in [-0.15, -0.1) is 0 Å². The second-order valence-electron chi connectivity index (χ2n) is 9.60. The van der Waals surface area contributed by atoms with Crippen LogP contribution in [0.25, 0.3) is 0 Å². The molecule has 3 aliphatic heterocycles. The smallest absolute Gasteiger partial charge is 0.434 e. The van der Waals surface area contributed by atoms with E-state index in [2.05, 4.69) is 4.99 Å². The number of esters is 1. The van der Waals surface area contributed by atoms with Crippen LogP contribution in [0.15, 0.2) is 51.6 Å². The van der Waals surface area contributed by atoms with Gasteiger partial charge in [-0.25, -0.2) is 9.79 Å². The van der Waals surface area contributed by atoms with Crippen molar-refractivity contribution < 1.29 is 32.2 Å². The van der Waals surface area contributed by atoms with Gasteiger partial charge in [0.15, 0.2) is 10.9 Å². The molecule has 37 heavy (non-hydrogen) atoms. The van der Waals surface area contributed by atoms with Crippen LogP contribution in [-0.4, -0.2) is 65.4 Å². The molecular weight excluding hydrogens is 507 g/mol. The summed E-state index contributed by atoms with van der Waals surface area (Å²) < 4.78 is 53.4. The molecule has 0 saturated carbocycles. The summed E-state index contributed by atoms with van der Waals surface area (Å²) in [6.07, 6.45) is -5.55. The second kappa shape index (κ2) is 10.9. The van der Waals surface area contributed by atoms with Crippen LogP contribution in [0.5, 0.6) is 0 Å². The Morgan fingerprint density at radius 3 is 2.35 bits per heavy atom. The first kappa shape index (κ1) is 27.3. The highest BCUT2D eigenvalue weighted by molar-refractivity contribution is 8.16. The Hall–Kier alpha value is -2.79. The molecule has 200 valence electrons. The molecule has 4 rings (SSSR count). The molecule has 0 aromatic heterocycles. The van der Waals surface area contributed by atoms with Gasteiger partial charge in [0.05, 0.1) is 37.4 Å². The van der Waals surface area contributed by atoms with Crippen molar-refractivity contribution in [3.8, 4) is 0 Å². The molecule has 11 heteroatoms. The highest BCUT2D eigenvalue weighted by Crippen LogP contribution is 2.48. The van der Waals surface area contributed by atoms with Gasteiger partial charge in [0.25, 0.3) is 0 Å². The van der Waals surface area contributed by atoms with E-state index in [1.54, 1.807) is 41.2 Å². The number of amides is 1. The number of hydrogen-bond donors (Lipinski definition) is 0. The lowest BCUT2D eigenvalue weighted by molar-refractivity contribution is -0.145. The minimum absolute atomic E-state index is 0.0412. The number of aliphatic imine (C=N–C) groups is 1. The van der Waals surface area contributed by atoms with E-state index in [4.69, 9.17) is 9.47 Å². The number of thioether (sulfide) groups is 1. The summed E-state index contributed by atoms with van der Waals surface area (Å²) in [7, 11) is 0. The minimum atomic E-state index is -4.88. The maximum atomic E-state index is 14.3. The molecule has 0 radical (unpaired) electrons. The number of ether oxygens (including phenoxy) is 2. The van der Waals surface area contributed by atoms with E-state index < -0.39 is 35.6 Å². The average molecular weight is 538 g/mol. The van der Waals surface area contributed by atoms with Gasteiger partial charge in [-0.2, -0.15) is 13.2 Å². The number of morpholine rings is 1. The minimum Gasteiger partial charge on any atom is -0.459 e. The Kier molecular flexibility index (Phi) is 8.03. The molecule has 1 aromatic carbocycles. The molecule has 1 aromatic rings. The molecule has 0 spiro atoms. The Balaban J connectivity index is 1.80. The van der Waals surface area contributed by atoms with E-state index in [-0.39, 0.29) is 23.4 Å². The van der Waals surface area contributed by atoms with Gasteiger partial charge in [-0.1, -0.05) is 49.9 Å². The van der Waals surface area contributed by atoms with E-state index in [0.717, 1.165) is 17.3 Å². The summed E-state index contributed by atoms with van der Waals surface area (Å²) in [5.74, 6) is -1.03. The van der Waals surface area contributed by atoms with Gasteiger partial charge in [0, 0.05) is 18.8 Å². The van der Waals surface area contributed by atoms with Gasteiger partial charge in [-0.3, -0.25) is 4.79 Å². The largest absolute Gasteiger partial charge is 0.459 e. The number of fused-ring (bicyclic) bond motifs is 1. The quantitative estimate of drug-likeness (QED) is 0.469. The molecule has 3 heterocycles. The van der Waals surface area contributed by atoms with E-state index in [1.807, 2.05) is 26.0 Å². The van der Waals surface area contributed by atoms with Crippen LogP contribution in [0.3, 0.4) is 0 Å². The third kappa shape index (κ3) is 5.87. The Bertz CT molecular complexity index is 1140. The fraction of sp³-hybridized carbons (Fsp3) is 0.500. The van der Waals surface area contributed by atoms with Crippen molar-refractivity contribution in [2.45, 2.75) is 58.4 Å². The third-order valence-corrected chi connectivity index (χ3v) is 7.14. The van der Waals surface area contributed by atoms with Crippen LogP contribution in [-0.2, 0) is 19.1 Å². The number of nitrogens with zero attached hydrogens (tertiary/aromatic N) is 3. The van der Waals surface area contributed by atoms with Crippen molar-refractivity contribution in [2.75, 3.05) is 26.3 Å². The Labute approximate surface area is 218 Å². The number of carbonyl (C=O) groups excluding carboxylic acids is 2. The maximum absolute atomic E-state index is 14.3. The van der Waals surface area contributed by atoms with Crippen molar-refractivity contribution in [1.82, 2.24) is 9.80 Å². The van der Waals surface area contributed by atoms with Crippen LogP contribution in [0.2, 0.25) is 0 Å². The summed E-state index contributed by atoms with van der Waals surface area (Å²) in [4.78, 5) is 33.4. The third-order valence-electron chi connectivity index (χ3n) is 6.26. The van der Waals surface area contributed by atoms with Gasteiger partial charge in [0.1, 0.15) is 0 Å². The van der Waals surface area contributed by atoms with Crippen LogP contribution < -0.4 is 0 Å². The van der Waals surface area contributed by atoms with Gasteiger partial charge < -0.3 is 19.3 Å². The van der Waals surface area contributed by atoms with Crippen LogP contribution in [0.4, 0.5) is 13.2 Å². The standard InChI is InChI=1S/C26H30F3N3O4S/c1-15(2)17-5-7-18(8-6-17)22-21(24(34)36-16(3)4)23(26(27,28)29)30-25-32(22)19(14-37-25)13-20(33)31-9-11-35-12-10-31/h5-8,14-16,22H,9-13H2,1-4H3/t22-/m1/s1. The van der Waals surface area contributed by atoms with E-state index in [1.165, 1.54) is 0 Å². The fourth-order valence-electron chi connectivity index (χ4n) is 4.42. The number of amidine groups is 1. The van der Waals surface area contributed by atoms with E-state index >= 15 is 0 Å². The molecule has 0 unspecified atom stereocenters. The Morgan fingerprint density at radius 1 is 1.14 bits per heavy atom. The lowest BCUT2D eigenvalue weighted by atomic mass is 9.91. The first-order valence-electron chi connectivity index (χ1n) is 12.2. The van der Waals surface area contributed by atoms with E-state index in [0.29, 0.717) is 37.6 Å². The molecule has 1 saturated heterocycles. The lowest BCUT2D eigenvalue weighted by Crippen LogP contribution is -2.43. The number of allylic oxidation sites excluding steroid dienone is 1. The van der Waals surface area contributed by atoms with Crippen LogP contribution >= 0.6 is 11.8 Å². The topological polar surface area (TPSA) is 71.4 Å². The highest BCUT2D eigenvalue weighted by atomic mass is 32.2. The summed E-state index contributed by atoms with van der Waals surface area (Å²) >= 11 is 1.01. The molecule has 0 N–H and O–H groups in total. The lowest BCUT2D eigenvalue weighted by Gasteiger charge is -2.37. The molecule has 3 aliphatic rings. The maximum Gasteiger partial charge on any atom is 0.434 e. The second-order valence-corrected chi connectivity index (χ2v) is 10.4. The molecule has 1 amide bonds. The van der Waals surface area contributed by atoms with Gasteiger partial charge in [0.2, 0.25) is 5.91 Å². The average Bonchev–Trinajstić information content (AvgIpc) is 3.25. The predicted octanol–water partition coefficient (Wildman–Crippen LogP) is 5.13. The number of hydrogen-bond acceptors (Lipinski definition) is 7.